The lowest BCUT2D eigenvalue weighted by molar-refractivity contribution is 0.410. The van der Waals surface area contributed by atoms with E-state index in [0.29, 0.717) is 11.3 Å². The van der Waals surface area contributed by atoms with Crippen molar-refractivity contribution in [1.29, 1.82) is 5.26 Å². The van der Waals surface area contributed by atoms with Crippen LogP contribution < -0.4 is 4.74 Å². The number of aromatic nitrogens is 1. The van der Waals surface area contributed by atoms with Gasteiger partial charge in [0.05, 0.1) is 7.11 Å². The van der Waals surface area contributed by atoms with Crippen LogP contribution in [0.1, 0.15) is 32.0 Å². The molecule has 0 unspecified atom stereocenters. The molecule has 0 N–H and O–H groups in total. The van der Waals surface area contributed by atoms with Crippen LogP contribution in [-0.2, 0) is 5.41 Å². The van der Waals surface area contributed by atoms with Gasteiger partial charge in [0.15, 0.2) is 0 Å². The van der Waals surface area contributed by atoms with E-state index in [4.69, 9.17) is 10.00 Å². The number of ether oxygens (including phenoxy) is 1. The first-order chi connectivity index (χ1) is 6.49. The van der Waals surface area contributed by atoms with Crippen LogP contribution in [0.5, 0.6) is 5.75 Å². The van der Waals surface area contributed by atoms with Crippen molar-refractivity contribution in [2.75, 3.05) is 7.11 Å². The second-order valence-corrected chi connectivity index (χ2v) is 4.13. The molecule has 74 valence electrons. The average Bonchev–Trinajstić information content (AvgIpc) is 2.15. The fourth-order valence-corrected chi connectivity index (χ4v) is 1.10. The summed E-state index contributed by atoms with van der Waals surface area (Å²) in [4.78, 5) is 4.23. The third-order valence-electron chi connectivity index (χ3n) is 1.97. The highest BCUT2D eigenvalue weighted by atomic mass is 16.5. The quantitative estimate of drug-likeness (QED) is 0.682. The van der Waals surface area contributed by atoms with Crippen molar-refractivity contribution in [1.82, 2.24) is 4.98 Å². The number of rotatable bonds is 1. The first-order valence-electron chi connectivity index (χ1n) is 4.43. The summed E-state index contributed by atoms with van der Waals surface area (Å²) >= 11 is 0. The molecule has 14 heavy (non-hydrogen) atoms. The molecule has 0 aliphatic rings. The molecule has 0 atom stereocenters. The monoisotopic (exact) mass is 190 g/mol. The van der Waals surface area contributed by atoms with Gasteiger partial charge in [0.25, 0.3) is 0 Å². The SMILES string of the molecule is COc1cc(C(C)(C)C)ncc1C#N. The number of nitrogens with zero attached hydrogens (tertiary/aromatic N) is 2. The molecule has 1 heterocycles. The summed E-state index contributed by atoms with van der Waals surface area (Å²) < 4.78 is 5.11. The lowest BCUT2D eigenvalue weighted by atomic mass is 9.91. The minimum Gasteiger partial charge on any atom is -0.495 e. The molecule has 0 bridgehead atoms. The summed E-state index contributed by atoms with van der Waals surface area (Å²) in [5, 5.41) is 8.77. The Kier molecular flexibility index (Phi) is 2.76. The number of hydrogen-bond donors (Lipinski definition) is 0. The molecule has 3 heteroatoms. The molecule has 0 saturated heterocycles. The Hall–Kier alpha value is -1.56. The van der Waals surface area contributed by atoms with E-state index in [9.17, 15) is 0 Å². The highest BCUT2D eigenvalue weighted by molar-refractivity contribution is 5.43. The molecule has 0 spiro atoms. The summed E-state index contributed by atoms with van der Waals surface area (Å²) in [5.74, 6) is 0.590. The van der Waals surface area contributed by atoms with Crippen molar-refractivity contribution < 1.29 is 4.74 Å². The highest BCUT2D eigenvalue weighted by Gasteiger charge is 2.17. The van der Waals surface area contributed by atoms with Gasteiger partial charge in [-0.1, -0.05) is 20.8 Å². The minimum atomic E-state index is -0.0265. The smallest absolute Gasteiger partial charge is 0.140 e. The number of methoxy groups -OCH3 is 1. The van der Waals surface area contributed by atoms with E-state index in [1.54, 1.807) is 13.3 Å². The van der Waals surface area contributed by atoms with Gasteiger partial charge in [0.2, 0.25) is 0 Å². The largest absolute Gasteiger partial charge is 0.495 e. The van der Waals surface area contributed by atoms with Gasteiger partial charge >= 0.3 is 0 Å². The summed E-state index contributed by atoms with van der Waals surface area (Å²) in [5.41, 5.74) is 1.37. The zero-order valence-corrected chi connectivity index (χ0v) is 8.96. The second-order valence-electron chi connectivity index (χ2n) is 4.13. The van der Waals surface area contributed by atoms with Crippen molar-refractivity contribution in [3.05, 3.63) is 23.5 Å². The molecule has 0 saturated carbocycles. The van der Waals surface area contributed by atoms with Crippen molar-refractivity contribution >= 4 is 0 Å². The molecular weight excluding hydrogens is 176 g/mol. The van der Waals surface area contributed by atoms with Gasteiger partial charge in [-0.25, -0.2) is 0 Å². The van der Waals surface area contributed by atoms with E-state index in [-0.39, 0.29) is 5.41 Å². The highest BCUT2D eigenvalue weighted by Crippen LogP contribution is 2.25. The first kappa shape index (κ1) is 10.5. The average molecular weight is 190 g/mol. The van der Waals surface area contributed by atoms with Crippen LogP contribution in [0.15, 0.2) is 12.3 Å². The normalized spacial score (nSPS) is 10.8. The van der Waals surface area contributed by atoms with Gasteiger partial charge in [-0.05, 0) is 0 Å². The maximum atomic E-state index is 8.77. The van der Waals surface area contributed by atoms with Crippen LogP contribution in [0.2, 0.25) is 0 Å². The predicted molar refractivity (Wildman–Crippen MR) is 54.2 cm³/mol. The van der Waals surface area contributed by atoms with Crippen LogP contribution >= 0.6 is 0 Å². The predicted octanol–water partition coefficient (Wildman–Crippen LogP) is 2.26. The van der Waals surface area contributed by atoms with Crippen LogP contribution in [0.25, 0.3) is 0 Å². The standard InChI is InChI=1S/C11H14N2O/c1-11(2,3)10-5-9(14-4)8(6-12)7-13-10/h5,7H,1-4H3. The Bertz CT molecular complexity index is 372. The van der Waals surface area contributed by atoms with Gasteiger partial charge < -0.3 is 4.74 Å². The van der Waals surface area contributed by atoms with Gasteiger partial charge in [0, 0.05) is 23.4 Å². The van der Waals surface area contributed by atoms with E-state index in [1.807, 2.05) is 12.1 Å². The van der Waals surface area contributed by atoms with Crippen molar-refractivity contribution in [2.24, 2.45) is 0 Å². The van der Waals surface area contributed by atoms with E-state index >= 15 is 0 Å². The Morgan fingerprint density at radius 2 is 2.07 bits per heavy atom. The summed E-state index contributed by atoms with van der Waals surface area (Å²) in [7, 11) is 1.56. The third-order valence-corrected chi connectivity index (χ3v) is 1.97. The summed E-state index contributed by atoms with van der Waals surface area (Å²) in [6, 6.07) is 3.86. The van der Waals surface area contributed by atoms with Crippen molar-refractivity contribution in [3.8, 4) is 11.8 Å². The van der Waals surface area contributed by atoms with Crippen LogP contribution in [0.3, 0.4) is 0 Å². The van der Waals surface area contributed by atoms with Gasteiger partial charge in [-0.3, -0.25) is 4.98 Å². The second kappa shape index (κ2) is 3.67. The van der Waals surface area contributed by atoms with Gasteiger partial charge in [-0.2, -0.15) is 5.26 Å². The van der Waals surface area contributed by atoms with Gasteiger partial charge in [0.1, 0.15) is 17.4 Å². The lowest BCUT2D eigenvalue weighted by Gasteiger charge is -2.18. The fourth-order valence-electron chi connectivity index (χ4n) is 1.10. The van der Waals surface area contributed by atoms with E-state index < -0.39 is 0 Å². The Labute approximate surface area is 84.3 Å². The molecule has 0 aliphatic heterocycles. The van der Waals surface area contributed by atoms with Crippen LogP contribution in [-0.4, -0.2) is 12.1 Å². The Morgan fingerprint density at radius 3 is 2.50 bits per heavy atom. The number of pyridine rings is 1. The van der Waals surface area contributed by atoms with E-state index in [2.05, 4.69) is 25.8 Å². The maximum Gasteiger partial charge on any atom is 0.140 e. The number of hydrogen-bond acceptors (Lipinski definition) is 3. The zero-order chi connectivity index (χ0) is 10.8. The van der Waals surface area contributed by atoms with E-state index in [1.165, 1.54) is 0 Å². The molecule has 1 aromatic rings. The molecule has 0 amide bonds. The molecule has 0 fully saturated rings. The molecule has 3 nitrogen and oxygen atoms in total. The van der Waals surface area contributed by atoms with Crippen LogP contribution in [0, 0.1) is 11.3 Å². The van der Waals surface area contributed by atoms with Crippen molar-refractivity contribution in [2.45, 2.75) is 26.2 Å². The topological polar surface area (TPSA) is 45.9 Å². The minimum absolute atomic E-state index is 0.0265. The zero-order valence-electron chi connectivity index (χ0n) is 8.96. The maximum absolute atomic E-state index is 8.77. The van der Waals surface area contributed by atoms with Crippen molar-refractivity contribution in [3.63, 3.8) is 0 Å². The molecule has 1 aromatic heterocycles. The fraction of sp³-hybridized carbons (Fsp3) is 0.455. The third kappa shape index (κ3) is 2.02. The molecule has 1 rings (SSSR count). The Morgan fingerprint density at radius 1 is 1.43 bits per heavy atom. The van der Waals surface area contributed by atoms with E-state index in [0.717, 1.165) is 5.69 Å². The molecule has 0 aliphatic carbocycles. The number of nitriles is 1. The first-order valence-corrected chi connectivity index (χ1v) is 4.43. The Balaban J connectivity index is 3.23. The summed E-state index contributed by atoms with van der Waals surface area (Å²) in [6.45, 7) is 6.21. The molecule has 0 radical (unpaired) electrons. The van der Waals surface area contributed by atoms with Crippen LogP contribution in [0.4, 0.5) is 0 Å². The molecular formula is C11H14N2O. The lowest BCUT2D eigenvalue weighted by Crippen LogP contribution is -2.13. The summed E-state index contributed by atoms with van der Waals surface area (Å²) in [6.07, 6.45) is 1.55. The van der Waals surface area contributed by atoms with Gasteiger partial charge in [-0.15, -0.1) is 0 Å². The molecule has 0 aromatic carbocycles.